The molecule has 0 amide bonds. The van der Waals surface area contributed by atoms with E-state index < -0.39 is 7.92 Å². The molecule has 0 fully saturated rings. The van der Waals surface area contributed by atoms with Crippen LogP contribution in [0.25, 0.3) is 0 Å². The molecule has 4 N–H and O–H groups in total. The molecule has 0 aromatic heterocycles. The van der Waals surface area contributed by atoms with Crippen molar-refractivity contribution in [2.45, 2.75) is 33.9 Å². The van der Waals surface area contributed by atoms with E-state index in [2.05, 4.69) is 82.3 Å². The standard InChI is InChI=1S/C23H27N2P/c1-15-17(3)22(12-10-20(15)24)26(14-19-8-6-5-7-9-19)23-13-11-21(25)16(2)18(23)4/h5-13H,14,24-25H2,1-4H3. The number of rotatable bonds is 4. The van der Waals surface area contributed by atoms with Crippen LogP contribution in [0.4, 0.5) is 11.4 Å². The molecule has 26 heavy (non-hydrogen) atoms. The van der Waals surface area contributed by atoms with Crippen LogP contribution >= 0.6 is 7.92 Å². The third-order valence-electron chi connectivity index (χ3n) is 5.37. The molecule has 134 valence electrons. The van der Waals surface area contributed by atoms with Gasteiger partial charge in [0.15, 0.2) is 0 Å². The maximum Gasteiger partial charge on any atom is 0.0346 e. The Balaban J connectivity index is 2.18. The Bertz CT molecular complexity index is 875. The quantitative estimate of drug-likeness (QED) is 0.521. The minimum Gasteiger partial charge on any atom is -0.399 e. The predicted molar refractivity (Wildman–Crippen MR) is 117 cm³/mol. The SMILES string of the molecule is Cc1c(N)ccc(P(Cc2ccccc2)c2ccc(N)c(C)c2C)c1C. The van der Waals surface area contributed by atoms with Gasteiger partial charge in [0.2, 0.25) is 0 Å². The number of hydrogen-bond acceptors (Lipinski definition) is 2. The zero-order valence-electron chi connectivity index (χ0n) is 16.0. The second-order valence-electron chi connectivity index (χ2n) is 6.92. The van der Waals surface area contributed by atoms with E-state index in [1.165, 1.54) is 38.4 Å². The van der Waals surface area contributed by atoms with Crippen LogP contribution in [0.3, 0.4) is 0 Å². The van der Waals surface area contributed by atoms with Gasteiger partial charge in [-0.05, 0) is 86.2 Å². The van der Waals surface area contributed by atoms with Crippen molar-refractivity contribution >= 4 is 29.9 Å². The molecule has 0 aliphatic heterocycles. The fourth-order valence-electron chi connectivity index (χ4n) is 3.31. The predicted octanol–water partition coefficient (Wildman–Crippen LogP) is 4.72. The highest BCUT2D eigenvalue weighted by Gasteiger charge is 2.21. The first-order valence-electron chi connectivity index (χ1n) is 8.93. The lowest BCUT2D eigenvalue weighted by Gasteiger charge is -2.25. The van der Waals surface area contributed by atoms with E-state index >= 15 is 0 Å². The Morgan fingerprint density at radius 3 is 1.54 bits per heavy atom. The lowest BCUT2D eigenvalue weighted by Crippen LogP contribution is -2.20. The first-order chi connectivity index (χ1) is 12.4. The van der Waals surface area contributed by atoms with Crippen molar-refractivity contribution in [3.63, 3.8) is 0 Å². The largest absolute Gasteiger partial charge is 0.399 e. The third-order valence-corrected chi connectivity index (χ3v) is 8.18. The summed E-state index contributed by atoms with van der Waals surface area (Å²) in [4.78, 5) is 0. The molecule has 0 radical (unpaired) electrons. The van der Waals surface area contributed by atoms with E-state index in [9.17, 15) is 0 Å². The summed E-state index contributed by atoms with van der Waals surface area (Å²) in [7, 11) is -0.537. The van der Waals surface area contributed by atoms with Crippen molar-refractivity contribution in [3.8, 4) is 0 Å². The van der Waals surface area contributed by atoms with Gasteiger partial charge in [0.1, 0.15) is 0 Å². The first kappa shape index (κ1) is 18.5. The molecule has 3 aromatic carbocycles. The molecule has 0 spiro atoms. The van der Waals surface area contributed by atoms with Gasteiger partial charge in [-0.1, -0.05) is 42.5 Å². The molecule has 0 unspecified atom stereocenters. The molecular weight excluding hydrogens is 335 g/mol. The number of nitrogens with two attached hydrogens (primary N) is 2. The van der Waals surface area contributed by atoms with Crippen LogP contribution in [-0.4, -0.2) is 0 Å². The molecule has 0 atom stereocenters. The van der Waals surface area contributed by atoms with E-state index in [4.69, 9.17) is 11.5 Å². The van der Waals surface area contributed by atoms with E-state index in [1.807, 2.05) is 0 Å². The Kier molecular flexibility index (Phi) is 5.34. The topological polar surface area (TPSA) is 52.0 Å². The summed E-state index contributed by atoms with van der Waals surface area (Å²) in [6.45, 7) is 8.62. The van der Waals surface area contributed by atoms with Gasteiger partial charge in [-0.2, -0.15) is 0 Å². The van der Waals surface area contributed by atoms with Crippen molar-refractivity contribution < 1.29 is 0 Å². The van der Waals surface area contributed by atoms with Crippen LogP contribution in [0.5, 0.6) is 0 Å². The summed E-state index contributed by atoms with van der Waals surface area (Å²) in [6, 6.07) is 19.3. The number of benzene rings is 3. The van der Waals surface area contributed by atoms with Crippen LogP contribution in [0.1, 0.15) is 27.8 Å². The average molecular weight is 362 g/mol. The van der Waals surface area contributed by atoms with E-state index in [-0.39, 0.29) is 0 Å². The fraction of sp³-hybridized carbons (Fsp3) is 0.217. The Morgan fingerprint density at radius 1 is 0.615 bits per heavy atom. The summed E-state index contributed by atoms with van der Waals surface area (Å²) in [5.74, 6) is 0. The van der Waals surface area contributed by atoms with Crippen LogP contribution in [0.2, 0.25) is 0 Å². The van der Waals surface area contributed by atoms with Gasteiger partial charge in [-0.25, -0.2) is 0 Å². The van der Waals surface area contributed by atoms with Crippen LogP contribution in [0.15, 0.2) is 54.6 Å². The van der Waals surface area contributed by atoms with Gasteiger partial charge < -0.3 is 11.5 Å². The zero-order valence-corrected chi connectivity index (χ0v) is 16.9. The van der Waals surface area contributed by atoms with Crippen molar-refractivity contribution in [1.82, 2.24) is 0 Å². The molecule has 0 bridgehead atoms. The third kappa shape index (κ3) is 3.48. The number of nitrogen functional groups attached to an aromatic ring is 2. The molecule has 0 heterocycles. The summed E-state index contributed by atoms with van der Waals surface area (Å²) in [5.41, 5.74) is 20.4. The first-order valence-corrected chi connectivity index (χ1v) is 10.5. The van der Waals surface area contributed by atoms with Crippen LogP contribution in [-0.2, 0) is 6.16 Å². The smallest absolute Gasteiger partial charge is 0.0346 e. The second-order valence-corrected chi connectivity index (χ2v) is 9.06. The molecule has 3 rings (SSSR count). The highest BCUT2D eigenvalue weighted by atomic mass is 31.1. The van der Waals surface area contributed by atoms with E-state index in [0.29, 0.717) is 0 Å². The fourth-order valence-corrected chi connectivity index (χ4v) is 6.14. The van der Waals surface area contributed by atoms with Gasteiger partial charge in [0, 0.05) is 17.5 Å². The molecule has 2 nitrogen and oxygen atoms in total. The Hall–Kier alpha value is -2.31. The van der Waals surface area contributed by atoms with Crippen molar-refractivity contribution in [2.24, 2.45) is 0 Å². The normalized spacial score (nSPS) is 11.1. The van der Waals surface area contributed by atoms with Gasteiger partial charge in [-0.15, -0.1) is 0 Å². The van der Waals surface area contributed by atoms with Crippen molar-refractivity contribution in [3.05, 3.63) is 82.4 Å². The Morgan fingerprint density at radius 2 is 1.08 bits per heavy atom. The molecule has 0 saturated carbocycles. The minimum atomic E-state index is -0.537. The van der Waals surface area contributed by atoms with Gasteiger partial charge in [-0.3, -0.25) is 0 Å². The zero-order chi connectivity index (χ0) is 18.8. The molecule has 0 saturated heterocycles. The number of anilines is 2. The summed E-state index contributed by atoms with van der Waals surface area (Å²) in [5, 5.41) is 2.81. The summed E-state index contributed by atoms with van der Waals surface area (Å²) < 4.78 is 0. The lowest BCUT2D eigenvalue weighted by atomic mass is 10.1. The van der Waals surface area contributed by atoms with Crippen LogP contribution < -0.4 is 22.1 Å². The van der Waals surface area contributed by atoms with Crippen molar-refractivity contribution in [1.29, 1.82) is 0 Å². The van der Waals surface area contributed by atoms with Crippen molar-refractivity contribution in [2.75, 3.05) is 11.5 Å². The van der Waals surface area contributed by atoms with E-state index in [0.717, 1.165) is 17.5 Å². The Labute approximate surface area is 158 Å². The minimum absolute atomic E-state index is 0.537. The average Bonchev–Trinajstić information content (AvgIpc) is 2.64. The summed E-state index contributed by atoms with van der Waals surface area (Å²) in [6.07, 6.45) is 1.02. The maximum atomic E-state index is 6.15. The monoisotopic (exact) mass is 362 g/mol. The molecule has 0 aliphatic rings. The highest BCUT2D eigenvalue weighted by Crippen LogP contribution is 2.41. The molecule has 3 heteroatoms. The van der Waals surface area contributed by atoms with Gasteiger partial charge in [0.25, 0.3) is 0 Å². The number of hydrogen-bond donors (Lipinski definition) is 2. The lowest BCUT2D eigenvalue weighted by molar-refractivity contribution is 1.34. The van der Waals surface area contributed by atoms with Crippen LogP contribution in [0, 0.1) is 27.7 Å². The van der Waals surface area contributed by atoms with E-state index in [1.54, 1.807) is 0 Å². The van der Waals surface area contributed by atoms with Gasteiger partial charge >= 0.3 is 0 Å². The van der Waals surface area contributed by atoms with Gasteiger partial charge in [0.05, 0.1) is 0 Å². The molecule has 3 aromatic rings. The summed E-state index contributed by atoms with van der Waals surface area (Å²) >= 11 is 0. The second kappa shape index (κ2) is 7.51. The molecule has 0 aliphatic carbocycles. The molecular formula is C23H27N2P. The highest BCUT2D eigenvalue weighted by molar-refractivity contribution is 7.72. The maximum absolute atomic E-state index is 6.15.